The van der Waals surface area contributed by atoms with E-state index in [4.69, 9.17) is 9.98 Å². The zero-order valence-electron chi connectivity index (χ0n) is 19.9. The summed E-state index contributed by atoms with van der Waals surface area (Å²) < 4.78 is 0. The molecule has 0 saturated heterocycles. The van der Waals surface area contributed by atoms with Crippen molar-refractivity contribution in [1.82, 2.24) is 4.98 Å². The minimum absolute atomic E-state index is 0.558. The molecule has 0 saturated carbocycles. The molecule has 0 amide bonds. The third kappa shape index (κ3) is 4.46. The second-order valence-corrected chi connectivity index (χ2v) is 9.05. The smallest absolute Gasteiger partial charge is 0.0974 e. The number of unbranched alkanes of at least 4 members (excludes halogenated alkanes) is 1. The van der Waals surface area contributed by atoms with Crippen molar-refractivity contribution in [3.05, 3.63) is 83.6 Å². The van der Waals surface area contributed by atoms with Crippen molar-refractivity contribution in [2.45, 2.75) is 59.8 Å². The Morgan fingerprint density at radius 3 is 2.81 bits per heavy atom. The van der Waals surface area contributed by atoms with Gasteiger partial charge in [0.05, 0.1) is 11.2 Å². The number of hydrogen-bond acceptors (Lipinski definition) is 2. The fraction of sp³-hybridized carbons (Fsp3) is 0.333. The highest BCUT2D eigenvalue weighted by atomic mass is 14.8. The van der Waals surface area contributed by atoms with Crippen LogP contribution in [-0.2, 0) is 6.42 Å². The molecule has 164 valence electrons. The second-order valence-electron chi connectivity index (χ2n) is 9.05. The van der Waals surface area contributed by atoms with E-state index >= 15 is 0 Å². The van der Waals surface area contributed by atoms with Crippen LogP contribution in [0.25, 0.3) is 22.0 Å². The SMILES string of the molecule is C=CCC/C=C(\C)C1=CCC(C)=Nc2c1ccc1c(C3=CC=CC(C)C3)cc(CC)nc21. The van der Waals surface area contributed by atoms with Crippen molar-refractivity contribution in [2.24, 2.45) is 10.9 Å². The van der Waals surface area contributed by atoms with E-state index in [0.29, 0.717) is 5.92 Å². The van der Waals surface area contributed by atoms with Gasteiger partial charge < -0.3 is 0 Å². The summed E-state index contributed by atoms with van der Waals surface area (Å²) in [6.45, 7) is 12.7. The summed E-state index contributed by atoms with van der Waals surface area (Å²) in [5.41, 5.74) is 10.8. The predicted octanol–water partition coefficient (Wildman–Crippen LogP) is 8.57. The molecular formula is C30H34N2. The van der Waals surface area contributed by atoms with Crippen LogP contribution < -0.4 is 0 Å². The molecule has 1 atom stereocenters. The molecule has 0 bridgehead atoms. The minimum atomic E-state index is 0.558. The third-order valence-electron chi connectivity index (χ3n) is 6.44. The molecule has 2 heterocycles. The molecule has 2 heteroatoms. The molecule has 0 fully saturated rings. The van der Waals surface area contributed by atoms with E-state index in [0.717, 1.165) is 54.7 Å². The normalized spacial score (nSPS) is 18.6. The number of rotatable bonds is 6. The molecule has 1 aromatic carbocycles. The molecule has 0 radical (unpaired) electrons. The molecule has 32 heavy (non-hydrogen) atoms. The van der Waals surface area contributed by atoms with Gasteiger partial charge in [-0.15, -0.1) is 6.58 Å². The number of fused-ring (bicyclic) bond motifs is 3. The largest absolute Gasteiger partial charge is 0.255 e. The van der Waals surface area contributed by atoms with Gasteiger partial charge >= 0.3 is 0 Å². The number of aryl methyl sites for hydroxylation is 1. The molecule has 2 nitrogen and oxygen atoms in total. The van der Waals surface area contributed by atoms with Crippen LogP contribution in [-0.4, -0.2) is 10.7 Å². The van der Waals surface area contributed by atoms with E-state index < -0.39 is 0 Å². The average Bonchev–Trinajstić information content (AvgIpc) is 2.96. The van der Waals surface area contributed by atoms with Crippen molar-refractivity contribution < 1.29 is 0 Å². The number of aliphatic imine (C=N–C) groups is 1. The molecule has 0 spiro atoms. The summed E-state index contributed by atoms with van der Waals surface area (Å²) in [4.78, 5) is 10.2. The number of pyridine rings is 1. The molecular weight excluding hydrogens is 388 g/mol. The summed E-state index contributed by atoms with van der Waals surface area (Å²) in [7, 11) is 0. The standard InChI is InChI=1S/C30H34N2/c1-6-8-9-12-21(4)25-15-14-22(5)31-29-26(25)16-17-27-28(19-24(7-2)32-30(27)29)23-13-10-11-20(3)18-23/h6,10-13,15-17,19-20H,1,7-9,14,18H2,2-5H3/b21-12+. The van der Waals surface area contributed by atoms with Gasteiger partial charge in [-0.05, 0) is 73.8 Å². The highest BCUT2D eigenvalue weighted by Gasteiger charge is 2.20. The van der Waals surface area contributed by atoms with Gasteiger partial charge in [0.1, 0.15) is 0 Å². The summed E-state index contributed by atoms with van der Waals surface area (Å²) in [6.07, 6.45) is 18.2. The first-order valence-electron chi connectivity index (χ1n) is 11.9. The summed E-state index contributed by atoms with van der Waals surface area (Å²) >= 11 is 0. The topological polar surface area (TPSA) is 25.2 Å². The van der Waals surface area contributed by atoms with Crippen LogP contribution in [0.3, 0.4) is 0 Å². The van der Waals surface area contributed by atoms with Crippen LogP contribution in [0.1, 0.15) is 70.2 Å². The monoisotopic (exact) mass is 422 g/mol. The lowest BCUT2D eigenvalue weighted by Crippen LogP contribution is -2.01. The van der Waals surface area contributed by atoms with Crippen molar-refractivity contribution in [3.63, 3.8) is 0 Å². The number of benzene rings is 1. The van der Waals surface area contributed by atoms with Gasteiger partial charge in [-0.25, -0.2) is 0 Å². The van der Waals surface area contributed by atoms with Gasteiger partial charge in [-0.1, -0.05) is 62.4 Å². The van der Waals surface area contributed by atoms with Gasteiger partial charge in [0.25, 0.3) is 0 Å². The van der Waals surface area contributed by atoms with Crippen LogP contribution in [0.5, 0.6) is 0 Å². The van der Waals surface area contributed by atoms with E-state index in [1.54, 1.807) is 0 Å². The van der Waals surface area contributed by atoms with Gasteiger partial charge in [0.2, 0.25) is 0 Å². The van der Waals surface area contributed by atoms with Crippen LogP contribution in [0.2, 0.25) is 0 Å². The van der Waals surface area contributed by atoms with Gasteiger partial charge in [-0.3, -0.25) is 9.98 Å². The molecule has 0 N–H and O–H groups in total. The Hall–Kier alpha value is -3.00. The Kier molecular flexibility index (Phi) is 6.69. The first-order valence-corrected chi connectivity index (χ1v) is 11.9. The van der Waals surface area contributed by atoms with E-state index in [-0.39, 0.29) is 0 Å². The molecule has 2 aromatic rings. The average molecular weight is 423 g/mol. The zero-order chi connectivity index (χ0) is 22.7. The lowest BCUT2D eigenvalue weighted by atomic mass is 9.87. The molecule has 1 aliphatic carbocycles. The van der Waals surface area contributed by atoms with Crippen LogP contribution in [0.4, 0.5) is 5.69 Å². The predicted molar refractivity (Wildman–Crippen MR) is 141 cm³/mol. The Morgan fingerprint density at radius 2 is 2.06 bits per heavy atom. The molecule has 4 rings (SSSR count). The second kappa shape index (κ2) is 9.65. The summed E-state index contributed by atoms with van der Waals surface area (Å²) in [6, 6.07) is 6.81. The molecule has 1 aromatic heterocycles. The van der Waals surface area contributed by atoms with E-state index in [1.165, 1.54) is 33.2 Å². The van der Waals surface area contributed by atoms with Crippen LogP contribution in [0, 0.1) is 5.92 Å². The Bertz CT molecular complexity index is 1200. The first-order chi connectivity index (χ1) is 15.5. The lowest BCUT2D eigenvalue weighted by molar-refractivity contribution is 0.749. The minimum Gasteiger partial charge on any atom is -0.255 e. The number of nitrogens with zero attached hydrogens (tertiary/aromatic N) is 2. The van der Waals surface area contributed by atoms with E-state index in [9.17, 15) is 0 Å². The molecule has 1 aliphatic heterocycles. The van der Waals surface area contributed by atoms with Crippen LogP contribution in [0.15, 0.2) is 71.8 Å². The van der Waals surface area contributed by atoms with E-state index in [1.807, 2.05) is 6.08 Å². The highest BCUT2D eigenvalue weighted by molar-refractivity contribution is 6.06. The van der Waals surface area contributed by atoms with Crippen molar-refractivity contribution in [2.75, 3.05) is 0 Å². The van der Waals surface area contributed by atoms with E-state index in [2.05, 4.69) is 82.9 Å². The van der Waals surface area contributed by atoms with Gasteiger partial charge in [0, 0.05) is 28.8 Å². The maximum Gasteiger partial charge on any atom is 0.0974 e. The fourth-order valence-corrected chi connectivity index (χ4v) is 4.65. The number of aromatic nitrogens is 1. The quantitative estimate of drug-likeness (QED) is 0.338. The zero-order valence-corrected chi connectivity index (χ0v) is 19.9. The Balaban J connectivity index is 1.94. The third-order valence-corrected chi connectivity index (χ3v) is 6.44. The van der Waals surface area contributed by atoms with Crippen molar-refractivity contribution in [1.29, 1.82) is 0 Å². The van der Waals surface area contributed by atoms with Gasteiger partial charge in [0.15, 0.2) is 0 Å². The fourth-order valence-electron chi connectivity index (χ4n) is 4.65. The Labute approximate surface area is 192 Å². The summed E-state index contributed by atoms with van der Waals surface area (Å²) in [5.74, 6) is 0.558. The number of hydrogen-bond donors (Lipinski definition) is 0. The van der Waals surface area contributed by atoms with Crippen LogP contribution >= 0.6 is 0 Å². The molecule has 1 unspecified atom stereocenters. The lowest BCUT2D eigenvalue weighted by Gasteiger charge is -2.19. The highest BCUT2D eigenvalue weighted by Crippen LogP contribution is 2.42. The number of allylic oxidation sites excluding steroid dienone is 9. The first kappa shape index (κ1) is 22.2. The summed E-state index contributed by atoms with van der Waals surface area (Å²) in [5, 5.41) is 1.21. The van der Waals surface area contributed by atoms with Gasteiger partial charge in [-0.2, -0.15) is 0 Å². The maximum absolute atomic E-state index is 5.11. The molecule has 2 aliphatic rings. The Morgan fingerprint density at radius 1 is 1.22 bits per heavy atom. The maximum atomic E-state index is 5.11. The van der Waals surface area contributed by atoms with Crippen molar-refractivity contribution in [3.8, 4) is 0 Å². The van der Waals surface area contributed by atoms with Crippen molar-refractivity contribution >= 4 is 33.4 Å².